The van der Waals surface area contributed by atoms with Gasteiger partial charge in [0.05, 0.1) is 18.1 Å². The Morgan fingerprint density at radius 1 is 1.09 bits per heavy atom. The highest BCUT2D eigenvalue weighted by Gasteiger charge is 2.11. The number of morpholine rings is 1. The zero-order valence-corrected chi connectivity index (χ0v) is 13.6. The van der Waals surface area contributed by atoms with Crippen LogP contribution in [0.15, 0.2) is 41.3 Å². The molecule has 0 amide bonds. The summed E-state index contributed by atoms with van der Waals surface area (Å²) in [6.07, 6.45) is 0. The zero-order chi connectivity index (χ0) is 16.3. The van der Waals surface area contributed by atoms with Crippen molar-refractivity contribution in [1.29, 1.82) is 0 Å². The van der Waals surface area contributed by atoms with Crippen LogP contribution in [-0.4, -0.2) is 52.8 Å². The van der Waals surface area contributed by atoms with Gasteiger partial charge in [0.15, 0.2) is 0 Å². The molecule has 0 bridgehead atoms. The zero-order valence-electron chi connectivity index (χ0n) is 12.8. The first-order valence-corrected chi connectivity index (χ1v) is 9.06. The topological polar surface area (TPSA) is 81.9 Å². The predicted octanol–water partition coefficient (Wildman–Crippen LogP) is 1.20. The Morgan fingerprint density at radius 3 is 2.57 bits per heavy atom. The lowest BCUT2D eigenvalue weighted by atomic mass is 10.1. The Morgan fingerprint density at radius 2 is 1.83 bits per heavy atom. The number of hydrogen-bond acceptors (Lipinski definition) is 5. The minimum atomic E-state index is -3.70. The second kappa shape index (κ2) is 6.84. The third-order valence-electron chi connectivity index (χ3n) is 3.89. The molecule has 3 rings (SSSR count). The van der Waals surface area contributed by atoms with E-state index in [1.807, 2.05) is 18.2 Å². The van der Waals surface area contributed by atoms with Crippen molar-refractivity contribution >= 4 is 20.8 Å². The van der Waals surface area contributed by atoms with Crippen molar-refractivity contribution < 1.29 is 17.9 Å². The van der Waals surface area contributed by atoms with Crippen LogP contribution in [0, 0.1) is 0 Å². The van der Waals surface area contributed by atoms with Gasteiger partial charge in [0, 0.05) is 19.6 Å². The summed E-state index contributed by atoms with van der Waals surface area (Å²) in [5.41, 5.74) is 0. The number of benzene rings is 2. The van der Waals surface area contributed by atoms with Crippen molar-refractivity contribution in [2.24, 2.45) is 5.14 Å². The van der Waals surface area contributed by atoms with Crippen LogP contribution in [-0.2, 0) is 14.8 Å². The molecule has 7 heteroatoms. The molecule has 124 valence electrons. The molecule has 23 heavy (non-hydrogen) atoms. The summed E-state index contributed by atoms with van der Waals surface area (Å²) in [4.78, 5) is 2.40. The van der Waals surface area contributed by atoms with E-state index in [1.165, 1.54) is 6.07 Å². The maximum absolute atomic E-state index is 11.4. The third kappa shape index (κ3) is 4.20. The molecule has 1 heterocycles. The van der Waals surface area contributed by atoms with Gasteiger partial charge in [0.1, 0.15) is 12.4 Å². The summed E-state index contributed by atoms with van der Waals surface area (Å²) in [5, 5.41) is 6.91. The summed E-state index contributed by atoms with van der Waals surface area (Å²) >= 11 is 0. The van der Waals surface area contributed by atoms with Gasteiger partial charge in [0.25, 0.3) is 0 Å². The Balaban J connectivity index is 1.68. The average Bonchev–Trinajstić information content (AvgIpc) is 2.54. The van der Waals surface area contributed by atoms with Crippen LogP contribution in [0.4, 0.5) is 0 Å². The molecule has 1 aliphatic heterocycles. The second-order valence-electron chi connectivity index (χ2n) is 5.52. The molecule has 2 N–H and O–H groups in total. The highest BCUT2D eigenvalue weighted by atomic mass is 32.2. The van der Waals surface area contributed by atoms with Gasteiger partial charge in [-0.2, -0.15) is 0 Å². The Kier molecular flexibility index (Phi) is 4.82. The van der Waals surface area contributed by atoms with E-state index >= 15 is 0 Å². The van der Waals surface area contributed by atoms with Crippen molar-refractivity contribution in [2.75, 3.05) is 39.5 Å². The van der Waals surface area contributed by atoms with E-state index in [-0.39, 0.29) is 4.90 Å². The molecule has 2 aromatic rings. The van der Waals surface area contributed by atoms with Crippen LogP contribution >= 0.6 is 0 Å². The number of sulfonamides is 1. The fraction of sp³-hybridized carbons (Fsp3) is 0.375. The second-order valence-corrected chi connectivity index (χ2v) is 7.08. The van der Waals surface area contributed by atoms with Gasteiger partial charge in [0.2, 0.25) is 10.0 Å². The van der Waals surface area contributed by atoms with E-state index in [9.17, 15) is 8.42 Å². The summed E-state index contributed by atoms with van der Waals surface area (Å²) in [6.45, 7) is 4.83. The molecule has 0 aromatic heterocycles. The number of hydrogen-bond donors (Lipinski definition) is 1. The van der Waals surface area contributed by atoms with Crippen LogP contribution < -0.4 is 9.88 Å². The van der Waals surface area contributed by atoms with Crippen LogP contribution in [0.25, 0.3) is 10.8 Å². The SMILES string of the molecule is NS(=O)(=O)c1ccc2ccc(OCCN3CCOCC3)cc2c1. The number of nitrogens with zero attached hydrogens (tertiary/aromatic N) is 1. The molecule has 2 aromatic carbocycles. The lowest BCUT2D eigenvalue weighted by Crippen LogP contribution is -2.38. The first-order valence-electron chi connectivity index (χ1n) is 7.52. The lowest BCUT2D eigenvalue weighted by molar-refractivity contribution is 0.0322. The van der Waals surface area contributed by atoms with Gasteiger partial charge >= 0.3 is 0 Å². The number of rotatable bonds is 5. The summed E-state index contributed by atoms with van der Waals surface area (Å²) in [5.74, 6) is 0.720. The van der Waals surface area contributed by atoms with E-state index < -0.39 is 10.0 Å². The monoisotopic (exact) mass is 336 g/mol. The van der Waals surface area contributed by atoms with E-state index in [1.54, 1.807) is 12.1 Å². The third-order valence-corrected chi connectivity index (χ3v) is 4.80. The summed E-state index contributed by atoms with van der Waals surface area (Å²) in [6, 6.07) is 10.5. The van der Waals surface area contributed by atoms with Gasteiger partial charge < -0.3 is 9.47 Å². The first kappa shape index (κ1) is 16.2. The average molecular weight is 336 g/mol. The molecule has 0 spiro atoms. The van der Waals surface area contributed by atoms with E-state index in [0.29, 0.717) is 6.61 Å². The molecule has 0 atom stereocenters. The Bertz CT molecular complexity index is 786. The quantitative estimate of drug-likeness (QED) is 0.887. The minimum Gasteiger partial charge on any atom is -0.492 e. The highest BCUT2D eigenvalue weighted by molar-refractivity contribution is 7.89. The van der Waals surface area contributed by atoms with Gasteiger partial charge in [-0.3, -0.25) is 4.90 Å². The fourth-order valence-electron chi connectivity index (χ4n) is 2.59. The first-order chi connectivity index (χ1) is 11.0. The molecule has 0 radical (unpaired) electrons. The maximum Gasteiger partial charge on any atom is 0.238 e. The van der Waals surface area contributed by atoms with Crippen molar-refractivity contribution in [2.45, 2.75) is 4.90 Å². The molecule has 6 nitrogen and oxygen atoms in total. The highest BCUT2D eigenvalue weighted by Crippen LogP contribution is 2.23. The van der Waals surface area contributed by atoms with E-state index in [0.717, 1.165) is 49.4 Å². The Labute approximate surface area is 135 Å². The lowest BCUT2D eigenvalue weighted by Gasteiger charge is -2.26. The molecule has 1 saturated heterocycles. The van der Waals surface area contributed by atoms with E-state index in [4.69, 9.17) is 14.6 Å². The molecular formula is C16H20N2O4S. The minimum absolute atomic E-state index is 0.107. The van der Waals surface area contributed by atoms with Gasteiger partial charge in [-0.05, 0) is 35.0 Å². The van der Waals surface area contributed by atoms with Crippen molar-refractivity contribution in [3.05, 3.63) is 36.4 Å². The predicted molar refractivity (Wildman–Crippen MR) is 88.1 cm³/mol. The number of primary sulfonamides is 1. The largest absolute Gasteiger partial charge is 0.492 e. The number of nitrogens with two attached hydrogens (primary N) is 1. The standard InChI is InChI=1S/C16H20N2O4S/c17-23(19,20)16-4-2-13-1-3-15(11-14(13)12-16)22-10-7-18-5-8-21-9-6-18/h1-4,11-12H,5-10H2,(H2,17,19,20). The number of fused-ring (bicyclic) bond motifs is 1. The van der Waals surface area contributed by atoms with Crippen molar-refractivity contribution in [1.82, 2.24) is 4.90 Å². The molecule has 1 aliphatic rings. The molecular weight excluding hydrogens is 316 g/mol. The Hall–Kier alpha value is -1.67. The van der Waals surface area contributed by atoms with Gasteiger partial charge in [-0.25, -0.2) is 13.6 Å². The molecule has 1 fully saturated rings. The van der Waals surface area contributed by atoms with Crippen molar-refractivity contribution in [3.63, 3.8) is 0 Å². The van der Waals surface area contributed by atoms with E-state index in [2.05, 4.69) is 4.90 Å². The summed E-state index contributed by atoms with van der Waals surface area (Å²) < 4.78 is 34.0. The molecule has 0 aliphatic carbocycles. The van der Waals surface area contributed by atoms with Crippen LogP contribution in [0.2, 0.25) is 0 Å². The molecule has 0 saturated carbocycles. The van der Waals surface area contributed by atoms with Crippen LogP contribution in [0.1, 0.15) is 0 Å². The van der Waals surface area contributed by atoms with Gasteiger partial charge in [-0.1, -0.05) is 12.1 Å². The number of ether oxygens (including phenoxy) is 2. The fourth-order valence-corrected chi connectivity index (χ4v) is 3.14. The van der Waals surface area contributed by atoms with Crippen LogP contribution in [0.3, 0.4) is 0 Å². The van der Waals surface area contributed by atoms with Crippen LogP contribution in [0.5, 0.6) is 5.75 Å². The smallest absolute Gasteiger partial charge is 0.238 e. The molecule has 0 unspecified atom stereocenters. The summed E-state index contributed by atoms with van der Waals surface area (Å²) in [7, 11) is -3.70. The van der Waals surface area contributed by atoms with Gasteiger partial charge in [-0.15, -0.1) is 0 Å². The van der Waals surface area contributed by atoms with Crippen molar-refractivity contribution in [3.8, 4) is 5.75 Å². The normalized spacial score (nSPS) is 16.6. The maximum atomic E-state index is 11.4.